The second-order valence-electron chi connectivity index (χ2n) is 3.26. The van der Waals surface area contributed by atoms with Crippen molar-refractivity contribution in [2.24, 2.45) is 0 Å². The second kappa shape index (κ2) is 6.06. The summed E-state index contributed by atoms with van der Waals surface area (Å²) in [5.41, 5.74) is 0. The van der Waals surface area contributed by atoms with Crippen LogP contribution in [-0.4, -0.2) is 19.5 Å². The van der Waals surface area contributed by atoms with E-state index in [1.165, 1.54) is 0 Å². The SMILES string of the molecule is CCCC(C=O)Oc1ccc(OC)cc1. The highest BCUT2D eigenvalue weighted by atomic mass is 16.5. The van der Waals surface area contributed by atoms with Crippen LogP contribution in [0.5, 0.6) is 11.5 Å². The van der Waals surface area contributed by atoms with Gasteiger partial charge in [0.2, 0.25) is 0 Å². The van der Waals surface area contributed by atoms with E-state index in [-0.39, 0.29) is 6.10 Å². The van der Waals surface area contributed by atoms with Gasteiger partial charge in [0.05, 0.1) is 7.11 Å². The average molecular weight is 208 g/mol. The largest absolute Gasteiger partial charge is 0.497 e. The Balaban J connectivity index is 2.58. The third-order valence-corrected chi connectivity index (χ3v) is 2.07. The molecule has 0 aromatic heterocycles. The van der Waals surface area contributed by atoms with Crippen LogP contribution < -0.4 is 9.47 Å². The molecule has 0 fully saturated rings. The number of ether oxygens (including phenoxy) is 2. The lowest BCUT2D eigenvalue weighted by molar-refractivity contribution is -0.113. The summed E-state index contributed by atoms with van der Waals surface area (Å²) in [6, 6.07) is 7.21. The molecule has 1 aromatic carbocycles. The summed E-state index contributed by atoms with van der Waals surface area (Å²) < 4.78 is 10.5. The van der Waals surface area contributed by atoms with E-state index in [0.29, 0.717) is 5.75 Å². The number of carbonyl (C=O) groups is 1. The molecular formula is C12H16O3. The summed E-state index contributed by atoms with van der Waals surface area (Å²) >= 11 is 0. The molecule has 0 heterocycles. The highest BCUT2D eigenvalue weighted by molar-refractivity contribution is 5.56. The van der Waals surface area contributed by atoms with E-state index >= 15 is 0 Å². The predicted molar refractivity (Wildman–Crippen MR) is 58.4 cm³/mol. The molecule has 82 valence electrons. The molecule has 0 N–H and O–H groups in total. The van der Waals surface area contributed by atoms with Gasteiger partial charge in [0.15, 0.2) is 12.4 Å². The minimum atomic E-state index is -0.344. The van der Waals surface area contributed by atoms with Gasteiger partial charge in [0.25, 0.3) is 0 Å². The molecule has 3 nitrogen and oxygen atoms in total. The van der Waals surface area contributed by atoms with Crippen LogP contribution >= 0.6 is 0 Å². The van der Waals surface area contributed by atoms with Crippen LogP contribution in [0.4, 0.5) is 0 Å². The molecule has 1 aromatic rings. The molecule has 1 atom stereocenters. The van der Waals surface area contributed by atoms with Crippen molar-refractivity contribution in [3.63, 3.8) is 0 Å². The van der Waals surface area contributed by atoms with E-state index in [2.05, 4.69) is 0 Å². The van der Waals surface area contributed by atoms with Gasteiger partial charge < -0.3 is 9.47 Å². The molecule has 1 rings (SSSR count). The zero-order chi connectivity index (χ0) is 11.1. The average Bonchev–Trinajstić information content (AvgIpc) is 2.29. The van der Waals surface area contributed by atoms with Crippen LogP contribution in [0.1, 0.15) is 19.8 Å². The number of hydrogen-bond acceptors (Lipinski definition) is 3. The molecule has 0 spiro atoms. The maximum atomic E-state index is 10.7. The maximum Gasteiger partial charge on any atom is 0.160 e. The first-order valence-electron chi connectivity index (χ1n) is 5.06. The van der Waals surface area contributed by atoms with Crippen molar-refractivity contribution in [2.45, 2.75) is 25.9 Å². The molecular weight excluding hydrogens is 192 g/mol. The fourth-order valence-electron chi connectivity index (χ4n) is 1.27. The minimum Gasteiger partial charge on any atom is -0.497 e. The van der Waals surface area contributed by atoms with Crippen molar-refractivity contribution in [1.29, 1.82) is 0 Å². The Bertz CT molecular complexity index is 292. The molecule has 15 heavy (non-hydrogen) atoms. The van der Waals surface area contributed by atoms with Crippen molar-refractivity contribution >= 4 is 6.29 Å². The van der Waals surface area contributed by atoms with Crippen LogP contribution in [0.15, 0.2) is 24.3 Å². The third kappa shape index (κ3) is 3.62. The van der Waals surface area contributed by atoms with Crippen molar-refractivity contribution in [2.75, 3.05) is 7.11 Å². The quantitative estimate of drug-likeness (QED) is 0.673. The standard InChI is InChI=1S/C12H16O3/c1-3-4-12(9-13)15-11-7-5-10(14-2)6-8-11/h5-9,12H,3-4H2,1-2H3. The number of aldehydes is 1. The number of rotatable bonds is 6. The van der Waals surface area contributed by atoms with Crippen LogP contribution in [-0.2, 0) is 4.79 Å². The molecule has 0 aliphatic heterocycles. The fraction of sp³-hybridized carbons (Fsp3) is 0.417. The highest BCUT2D eigenvalue weighted by Crippen LogP contribution is 2.18. The summed E-state index contributed by atoms with van der Waals surface area (Å²) in [4.78, 5) is 10.7. The minimum absolute atomic E-state index is 0.344. The number of carbonyl (C=O) groups excluding carboxylic acids is 1. The second-order valence-corrected chi connectivity index (χ2v) is 3.26. The predicted octanol–water partition coefficient (Wildman–Crippen LogP) is 2.44. The first-order valence-corrected chi connectivity index (χ1v) is 5.06. The van der Waals surface area contributed by atoms with Crippen molar-refractivity contribution < 1.29 is 14.3 Å². The van der Waals surface area contributed by atoms with Crippen molar-refractivity contribution in [3.8, 4) is 11.5 Å². The monoisotopic (exact) mass is 208 g/mol. The lowest BCUT2D eigenvalue weighted by atomic mass is 10.2. The Hall–Kier alpha value is -1.51. The Morgan fingerprint density at radius 1 is 1.27 bits per heavy atom. The number of hydrogen-bond donors (Lipinski definition) is 0. The molecule has 0 aliphatic carbocycles. The summed E-state index contributed by atoms with van der Waals surface area (Å²) in [6.07, 6.45) is 2.17. The van der Waals surface area contributed by atoms with Crippen LogP contribution in [0.25, 0.3) is 0 Å². The first kappa shape index (κ1) is 11.6. The van der Waals surface area contributed by atoms with Gasteiger partial charge in [-0.2, -0.15) is 0 Å². The topological polar surface area (TPSA) is 35.5 Å². The van der Waals surface area contributed by atoms with Crippen molar-refractivity contribution in [3.05, 3.63) is 24.3 Å². The molecule has 3 heteroatoms. The summed E-state index contributed by atoms with van der Waals surface area (Å²) in [6.45, 7) is 2.02. The Labute approximate surface area is 90.0 Å². The zero-order valence-electron chi connectivity index (χ0n) is 9.10. The van der Waals surface area contributed by atoms with E-state index in [9.17, 15) is 4.79 Å². The van der Waals surface area contributed by atoms with E-state index in [0.717, 1.165) is 24.9 Å². The van der Waals surface area contributed by atoms with Gasteiger partial charge in [-0.15, -0.1) is 0 Å². The van der Waals surface area contributed by atoms with E-state index < -0.39 is 0 Å². The van der Waals surface area contributed by atoms with Gasteiger partial charge in [-0.05, 0) is 30.7 Å². The van der Waals surface area contributed by atoms with Crippen LogP contribution in [0.3, 0.4) is 0 Å². The lowest BCUT2D eigenvalue weighted by Crippen LogP contribution is -2.17. The highest BCUT2D eigenvalue weighted by Gasteiger charge is 2.07. The van der Waals surface area contributed by atoms with Gasteiger partial charge >= 0.3 is 0 Å². The maximum absolute atomic E-state index is 10.7. The third-order valence-electron chi connectivity index (χ3n) is 2.07. The van der Waals surface area contributed by atoms with Gasteiger partial charge in [-0.3, -0.25) is 4.79 Å². The molecule has 0 amide bonds. The summed E-state index contributed by atoms with van der Waals surface area (Å²) in [7, 11) is 1.61. The smallest absolute Gasteiger partial charge is 0.160 e. The Kier molecular flexibility index (Phi) is 4.68. The Morgan fingerprint density at radius 3 is 2.33 bits per heavy atom. The van der Waals surface area contributed by atoms with Crippen molar-refractivity contribution in [1.82, 2.24) is 0 Å². The zero-order valence-corrected chi connectivity index (χ0v) is 9.10. The molecule has 1 unspecified atom stereocenters. The lowest BCUT2D eigenvalue weighted by Gasteiger charge is -2.12. The van der Waals surface area contributed by atoms with Gasteiger partial charge in [-0.25, -0.2) is 0 Å². The van der Waals surface area contributed by atoms with E-state index in [1.54, 1.807) is 19.2 Å². The van der Waals surface area contributed by atoms with Gasteiger partial charge in [0, 0.05) is 0 Å². The number of benzene rings is 1. The Morgan fingerprint density at radius 2 is 1.87 bits per heavy atom. The molecule has 0 saturated carbocycles. The molecule has 0 aliphatic rings. The molecule has 0 saturated heterocycles. The van der Waals surface area contributed by atoms with Crippen LogP contribution in [0, 0.1) is 0 Å². The molecule has 0 bridgehead atoms. The van der Waals surface area contributed by atoms with Gasteiger partial charge in [0.1, 0.15) is 11.5 Å². The summed E-state index contributed by atoms with van der Waals surface area (Å²) in [5.74, 6) is 1.47. The number of methoxy groups -OCH3 is 1. The van der Waals surface area contributed by atoms with E-state index in [4.69, 9.17) is 9.47 Å². The van der Waals surface area contributed by atoms with Crippen LogP contribution in [0.2, 0.25) is 0 Å². The fourth-order valence-corrected chi connectivity index (χ4v) is 1.27. The van der Waals surface area contributed by atoms with Gasteiger partial charge in [-0.1, -0.05) is 13.3 Å². The summed E-state index contributed by atoms with van der Waals surface area (Å²) in [5, 5.41) is 0. The van der Waals surface area contributed by atoms with E-state index in [1.807, 2.05) is 19.1 Å². The normalized spacial score (nSPS) is 11.9. The first-order chi connectivity index (χ1) is 7.30. The molecule has 0 radical (unpaired) electrons.